The number of unbranched alkanes of at least 4 members (excludes halogenated alkanes) is 1. The maximum Gasteiger partial charge on any atom is 0.251 e. The van der Waals surface area contributed by atoms with Gasteiger partial charge in [-0.05, 0) is 66.8 Å². The van der Waals surface area contributed by atoms with Crippen molar-refractivity contribution in [2.45, 2.75) is 45.6 Å². The van der Waals surface area contributed by atoms with Crippen molar-refractivity contribution in [3.05, 3.63) is 89.7 Å². The zero-order valence-electron chi connectivity index (χ0n) is 21.4. The summed E-state index contributed by atoms with van der Waals surface area (Å²) in [5.41, 5.74) is 4.01. The van der Waals surface area contributed by atoms with Crippen molar-refractivity contribution in [2.24, 2.45) is 0 Å². The highest BCUT2D eigenvalue weighted by atomic mass is 16.5. The molecule has 1 aromatic heterocycles. The van der Waals surface area contributed by atoms with Crippen LogP contribution < -0.4 is 14.8 Å². The Kier molecular flexibility index (Phi) is 8.61. The van der Waals surface area contributed by atoms with E-state index < -0.39 is 0 Å². The molecule has 1 amide bonds. The van der Waals surface area contributed by atoms with Crippen LogP contribution >= 0.6 is 0 Å². The SMILES string of the molecule is COc1cccc(C(=O)NCCc2nc3ccccc3n2CCCCOc2ccc(C(C)C)cc2)c1. The summed E-state index contributed by atoms with van der Waals surface area (Å²) in [7, 11) is 1.59. The van der Waals surface area contributed by atoms with Gasteiger partial charge in [-0.2, -0.15) is 0 Å². The lowest BCUT2D eigenvalue weighted by Gasteiger charge is -2.11. The molecule has 0 atom stereocenters. The number of hydrogen-bond acceptors (Lipinski definition) is 4. The van der Waals surface area contributed by atoms with Crippen LogP contribution in [0.15, 0.2) is 72.8 Å². The van der Waals surface area contributed by atoms with E-state index in [0.717, 1.165) is 42.0 Å². The monoisotopic (exact) mass is 485 g/mol. The molecule has 36 heavy (non-hydrogen) atoms. The lowest BCUT2D eigenvalue weighted by molar-refractivity contribution is 0.0953. The third kappa shape index (κ3) is 6.45. The first-order valence-corrected chi connectivity index (χ1v) is 12.6. The maximum absolute atomic E-state index is 12.6. The van der Waals surface area contributed by atoms with Crippen molar-refractivity contribution in [3.8, 4) is 11.5 Å². The topological polar surface area (TPSA) is 65.4 Å². The first kappa shape index (κ1) is 25.3. The molecule has 188 valence electrons. The minimum absolute atomic E-state index is 0.116. The van der Waals surface area contributed by atoms with Crippen LogP contribution in [-0.2, 0) is 13.0 Å². The van der Waals surface area contributed by atoms with Crippen LogP contribution in [0.1, 0.15) is 54.4 Å². The van der Waals surface area contributed by atoms with Crippen molar-refractivity contribution < 1.29 is 14.3 Å². The molecule has 0 aliphatic rings. The zero-order valence-corrected chi connectivity index (χ0v) is 21.4. The van der Waals surface area contributed by atoms with Crippen LogP contribution in [0.2, 0.25) is 0 Å². The number of fused-ring (bicyclic) bond motifs is 1. The van der Waals surface area contributed by atoms with Crippen LogP contribution in [0.4, 0.5) is 0 Å². The second-order valence-corrected chi connectivity index (χ2v) is 9.19. The van der Waals surface area contributed by atoms with Gasteiger partial charge in [0.05, 0.1) is 24.8 Å². The Morgan fingerprint density at radius 1 is 0.972 bits per heavy atom. The van der Waals surface area contributed by atoms with Gasteiger partial charge in [0.15, 0.2) is 0 Å². The Labute approximate surface area is 213 Å². The molecule has 3 aromatic carbocycles. The van der Waals surface area contributed by atoms with E-state index in [1.807, 2.05) is 30.3 Å². The predicted molar refractivity (Wildman–Crippen MR) is 144 cm³/mol. The van der Waals surface area contributed by atoms with Gasteiger partial charge >= 0.3 is 0 Å². The number of aromatic nitrogens is 2. The number of carbonyl (C=O) groups excluding carboxylic acids is 1. The van der Waals surface area contributed by atoms with Crippen molar-refractivity contribution in [2.75, 3.05) is 20.3 Å². The third-order valence-electron chi connectivity index (χ3n) is 6.29. The number of rotatable bonds is 12. The molecule has 0 aliphatic heterocycles. The lowest BCUT2D eigenvalue weighted by atomic mass is 10.0. The minimum Gasteiger partial charge on any atom is -0.497 e. The molecule has 0 unspecified atom stereocenters. The van der Waals surface area contributed by atoms with Gasteiger partial charge in [0.2, 0.25) is 0 Å². The molecule has 6 heteroatoms. The van der Waals surface area contributed by atoms with E-state index in [-0.39, 0.29) is 5.91 Å². The summed E-state index contributed by atoms with van der Waals surface area (Å²) in [5.74, 6) is 2.97. The number of benzene rings is 3. The highest BCUT2D eigenvalue weighted by Crippen LogP contribution is 2.20. The summed E-state index contributed by atoms with van der Waals surface area (Å²) < 4.78 is 13.4. The van der Waals surface area contributed by atoms with Crippen molar-refractivity contribution >= 4 is 16.9 Å². The van der Waals surface area contributed by atoms with Gasteiger partial charge in [0.25, 0.3) is 5.91 Å². The van der Waals surface area contributed by atoms with Crippen LogP contribution in [0.25, 0.3) is 11.0 Å². The van der Waals surface area contributed by atoms with Crippen molar-refractivity contribution in [1.82, 2.24) is 14.9 Å². The van der Waals surface area contributed by atoms with E-state index >= 15 is 0 Å². The highest BCUT2D eigenvalue weighted by molar-refractivity contribution is 5.94. The molecule has 0 fully saturated rings. The fourth-order valence-electron chi connectivity index (χ4n) is 4.23. The normalized spacial score (nSPS) is 11.1. The molecular weight excluding hydrogens is 450 g/mol. The van der Waals surface area contributed by atoms with E-state index in [1.54, 1.807) is 19.2 Å². The minimum atomic E-state index is -0.116. The van der Waals surface area contributed by atoms with Crippen LogP contribution in [-0.4, -0.2) is 35.7 Å². The number of hydrogen-bond donors (Lipinski definition) is 1. The standard InChI is InChI=1S/C30H35N3O3/c1-22(2)23-13-15-25(16-14-23)36-20-7-6-19-33-28-12-5-4-11-27(28)32-29(33)17-18-31-30(34)24-9-8-10-26(21-24)35-3/h4-5,8-16,21-22H,6-7,17-20H2,1-3H3,(H,31,34). The molecule has 4 aromatic rings. The van der Waals surface area contributed by atoms with E-state index in [2.05, 4.69) is 54.1 Å². The molecule has 4 rings (SSSR count). The van der Waals surface area contributed by atoms with E-state index in [4.69, 9.17) is 14.5 Å². The molecule has 0 spiro atoms. The first-order valence-electron chi connectivity index (χ1n) is 12.6. The number of para-hydroxylation sites is 2. The molecule has 0 saturated carbocycles. The van der Waals surface area contributed by atoms with E-state index in [1.165, 1.54) is 5.56 Å². The van der Waals surface area contributed by atoms with Gasteiger partial charge in [-0.15, -0.1) is 0 Å². The van der Waals surface area contributed by atoms with Gasteiger partial charge in [-0.3, -0.25) is 4.79 Å². The summed E-state index contributed by atoms with van der Waals surface area (Å²) in [5, 5.41) is 3.01. The van der Waals surface area contributed by atoms with Crippen molar-refractivity contribution in [3.63, 3.8) is 0 Å². The van der Waals surface area contributed by atoms with Crippen LogP contribution in [0.3, 0.4) is 0 Å². The number of amides is 1. The number of aryl methyl sites for hydroxylation is 1. The van der Waals surface area contributed by atoms with Gasteiger partial charge < -0.3 is 19.4 Å². The summed E-state index contributed by atoms with van der Waals surface area (Å²) >= 11 is 0. The maximum atomic E-state index is 12.6. The molecule has 0 aliphatic carbocycles. The Morgan fingerprint density at radius 2 is 1.78 bits per heavy atom. The van der Waals surface area contributed by atoms with Crippen LogP contribution in [0.5, 0.6) is 11.5 Å². The zero-order chi connectivity index (χ0) is 25.3. The van der Waals surface area contributed by atoms with Gasteiger partial charge in [-0.25, -0.2) is 4.98 Å². The van der Waals surface area contributed by atoms with Crippen LogP contribution in [0, 0.1) is 0 Å². The number of carbonyl (C=O) groups is 1. The first-order chi connectivity index (χ1) is 17.5. The van der Waals surface area contributed by atoms with Gasteiger partial charge in [0, 0.05) is 25.1 Å². The van der Waals surface area contributed by atoms with Crippen molar-refractivity contribution in [1.29, 1.82) is 0 Å². The Bertz CT molecular complexity index is 1280. The quantitative estimate of drug-likeness (QED) is 0.250. The fourth-order valence-corrected chi connectivity index (χ4v) is 4.23. The molecule has 0 radical (unpaired) electrons. The average Bonchev–Trinajstić information content (AvgIpc) is 3.26. The third-order valence-corrected chi connectivity index (χ3v) is 6.29. The summed E-state index contributed by atoms with van der Waals surface area (Å²) in [6, 6.07) is 23.7. The molecule has 0 bridgehead atoms. The summed E-state index contributed by atoms with van der Waals surface area (Å²) in [6.07, 6.45) is 2.58. The molecule has 1 N–H and O–H groups in total. The number of imidazole rings is 1. The Balaban J connectivity index is 1.31. The summed E-state index contributed by atoms with van der Waals surface area (Å²) in [4.78, 5) is 17.4. The molecular formula is C30H35N3O3. The number of ether oxygens (including phenoxy) is 2. The van der Waals surface area contributed by atoms with E-state index in [0.29, 0.717) is 36.8 Å². The number of nitrogens with one attached hydrogen (secondary N) is 1. The summed E-state index contributed by atoms with van der Waals surface area (Å²) in [6.45, 7) is 6.43. The molecule has 6 nitrogen and oxygen atoms in total. The Hall–Kier alpha value is -3.80. The van der Waals surface area contributed by atoms with Gasteiger partial charge in [0.1, 0.15) is 17.3 Å². The second kappa shape index (κ2) is 12.2. The van der Waals surface area contributed by atoms with E-state index in [9.17, 15) is 4.79 Å². The molecule has 0 saturated heterocycles. The Morgan fingerprint density at radius 3 is 2.56 bits per heavy atom. The molecule has 1 heterocycles. The number of methoxy groups -OCH3 is 1. The fraction of sp³-hybridized carbons (Fsp3) is 0.333. The second-order valence-electron chi connectivity index (χ2n) is 9.19. The number of nitrogens with zero attached hydrogens (tertiary/aromatic N) is 2. The average molecular weight is 486 g/mol. The largest absolute Gasteiger partial charge is 0.497 e. The predicted octanol–water partition coefficient (Wildman–Crippen LogP) is 6.00. The van der Waals surface area contributed by atoms with Gasteiger partial charge in [-0.1, -0.05) is 44.2 Å². The lowest BCUT2D eigenvalue weighted by Crippen LogP contribution is -2.26. The smallest absolute Gasteiger partial charge is 0.251 e. The highest BCUT2D eigenvalue weighted by Gasteiger charge is 2.12.